The van der Waals surface area contributed by atoms with Gasteiger partial charge in [-0.15, -0.1) is 11.3 Å². The first kappa shape index (κ1) is 14.9. The highest BCUT2D eigenvalue weighted by atomic mass is 79.9. The van der Waals surface area contributed by atoms with Crippen molar-refractivity contribution < 1.29 is 4.79 Å². The highest BCUT2D eigenvalue weighted by molar-refractivity contribution is 9.13. The van der Waals surface area contributed by atoms with Crippen LogP contribution in [0.2, 0.25) is 0 Å². The van der Waals surface area contributed by atoms with Gasteiger partial charge in [-0.3, -0.25) is 4.79 Å². The molecular weight excluding hydrogens is 416 g/mol. The van der Waals surface area contributed by atoms with E-state index in [1.807, 2.05) is 17.5 Å². The third-order valence-electron chi connectivity index (χ3n) is 3.22. The van der Waals surface area contributed by atoms with Crippen molar-refractivity contribution in [2.75, 3.05) is 0 Å². The number of aromatic amines is 1. The lowest BCUT2D eigenvalue weighted by Crippen LogP contribution is -2.00. The molecule has 0 unspecified atom stereocenters. The molecule has 1 N–H and O–H groups in total. The van der Waals surface area contributed by atoms with Crippen molar-refractivity contribution in [3.05, 3.63) is 48.9 Å². The molecule has 0 spiro atoms. The van der Waals surface area contributed by atoms with Gasteiger partial charge in [-0.25, -0.2) is 4.98 Å². The number of nitrogens with zero attached hydrogens (tertiary/aromatic N) is 1. The Balaban J connectivity index is 2.02. The summed E-state index contributed by atoms with van der Waals surface area (Å²) in [5, 5.41) is 3.43. The van der Waals surface area contributed by atoms with E-state index in [9.17, 15) is 4.79 Å². The minimum atomic E-state index is -0.0252. The van der Waals surface area contributed by atoms with Crippen molar-refractivity contribution >= 4 is 59.9 Å². The van der Waals surface area contributed by atoms with Gasteiger partial charge in [-0.2, -0.15) is 0 Å². The van der Waals surface area contributed by atoms with Crippen molar-refractivity contribution in [2.24, 2.45) is 0 Å². The van der Waals surface area contributed by atoms with Gasteiger partial charge in [-0.1, -0.05) is 13.3 Å². The molecule has 3 aromatic rings. The standard InChI is InChI=1S/C15H12Br2N2OS/c1-2-3-8-7-21-15(19-8)14(20)10-6-18-13-5-12(17)11(16)4-9(10)13/h4-7,18H,2-3H2,1H3. The molecular formula is C15H12Br2N2OS. The van der Waals surface area contributed by atoms with Crippen LogP contribution in [0.15, 0.2) is 32.7 Å². The molecule has 6 heteroatoms. The van der Waals surface area contributed by atoms with Crippen molar-refractivity contribution in [2.45, 2.75) is 19.8 Å². The number of nitrogens with one attached hydrogen (secondary N) is 1. The van der Waals surface area contributed by atoms with Gasteiger partial charge in [0.25, 0.3) is 0 Å². The molecule has 2 heterocycles. The van der Waals surface area contributed by atoms with Gasteiger partial charge < -0.3 is 4.98 Å². The number of H-pyrrole nitrogens is 1. The molecule has 1 aromatic carbocycles. The predicted molar refractivity (Wildman–Crippen MR) is 93.2 cm³/mol. The van der Waals surface area contributed by atoms with E-state index in [1.54, 1.807) is 6.20 Å². The van der Waals surface area contributed by atoms with E-state index in [0.717, 1.165) is 38.4 Å². The van der Waals surface area contributed by atoms with Gasteiger partial charge in [0.15, 0.2) is 5.01 Å². The van der Waals surface area contributed by atoms with E-state index < -0.39 is 0 Å². The molecule has 21 heavy (non-hydrogen) atoms. The van der Waals surface area contributed by atoms with Gasteiger partial charge in [-0.05, 0) is 50.4 Å². The Bertz CT molecular complexity index is 822. The third-order valence-corrected chi connectivity index (χ3v) is 5.95. The van der Waals surface area contributed by atoms with Crippen molar-refractivity contribution in [1.29, 1.82) is 0 Å². The number of carbonyl (C=O) groups is 1. The van der Waals surface area contributed by atoms with E-state index in [0.29, 0.717) is 10.6 Å². The normalized spacial score (nSPS) is 11.2. The number of halogens is 2. The molecule has 0 radical (unpaired) electrons. The fourth-order valence-corrected chi connectivity index (χ4v) is 3.69. The zero-order chi connectivity index (χ0) is 15.0. The van der Waals surface area contributed by atoms with Crippen LogP contribution in [0.5, 0.6) is 0 Å². The van der Waals surface area contributed by atoms with E-state index in [-0.39, 0.29) is 5.78 Å². The quantitative estimate of drug-likeness (QED) is 0.571. The summed E-state index contributed by atoms with van der Waals surface area (Å²) in [6, 6.07) is 3.91. The van der Waals surface area contributed by atoms with Crippen LogP contribution in [0.25, 0.3) is 10.9 Å². The summed E-state index contributed by atoms with van der Waals surface area (Å²) >= 11 is 8.36. The topological polar surface area (TPSA) is 45.8 Å². The van der Waals surface area contributed by atoms with Crippen LogP contribution in [0.4, 0.5) is 0 Å². The maximum atomic E-state index is 12.6. The number of aryl methyl sites for hydroxylation is 1. The molecule has 0 saturated heterocycles. The third kappa shape index (κ3) is 2.84. The molecule has 3 rings (SSSR count). The van der Waals surface area contributed by atoms with Crippen LogP contribution in [-0.4, -0.2) is 15.8 Å². The fourth-order valence-electron chi connectivity index (χ4n) is 2.20. The van der Waals surface area contributed by atoms with Gasteiger partial charge in [0.05, 0.1) is 11.3 Å². The molecule has 0 amide bonds. The lowest BCUT2D eigenvalue weighted by Gasteiger charge is -1.99. The molecule has 108 valence electrons. The number of benzene rings is 1. The largest absolute Gasteiger partial charge is 0.360 e. The molecule has 0 aliphatic carbocycles. The zero-order valence-corrected chi connectivity index (χ0v) is 15.2. The Kier molecular flexibility index (Phi) is 4.28. The Morgan fingerprint density at radius 1 is 1.33 bits per heavy atom. The molecule has 3 nitrogen and oxygen atoms in total. The number of thiazole rings is 1. The maximum Gasteiger partial charge on any atom is 0.223 e. The van der Waals surface area contributed by atoms with Crippen LogP contribution in [0.1, 0.15) is 34.4 Å². The number of ketones is 1. The average molecular weight is 428 g/mol. The Morgan fingerprint density at radius 3 is 2.86 bits per heavy atom. The molecule has 0 saturated carbocycles. The maximum absolute atomic E-state index is 12.6. The van der Waals surface area contributed by atoms with E-state index in [1.165, 1.54) is 11.3 Å². The van der Waals surface area contributed by atoms with Crippen LogP contribution in [0.3, 0.4) is 0 Å². The van der Waals surface area contributed by atoms with Crippen molar-refractivity contribution in [3.8, 4) is 0 Å². The van der Waals surface area contributed by atoms with Crippen LogP contribution in [-0.2, 0) is 6.42 Å². The van der Waals surface area contributed by atoms with E-state index in [2.05, 4.69) is 48.8 Å². The first-order chi connectivity index (χ1) is 10.1. The predicted octanol–water partition coefficient (Wildman–Crippen LogP) is 5.33. The summed E-state index contributed by atoms with van der Waals surface area (Å²) in [5.74, 6) is -0.0252. The van der Waals surface area contributed by atoms with Gasteiger partial charge in [0, 0.05) is 31.4 Å². The SMILES string of the molecule is CCCc1csc(C(=O)c2c[nH]c3cc(Br)c(Br)cc23)n1. The lowest BCUT2D eigenvalue weighted by atomic mass is 10.1. The molecule has 0 bridgehead atoms. The number of hydrogen-bond donors (Lipinski definition) is 1. The minimum absolute atomic E-state index is 0.0252. The van der Waals surface area contributed by atoms with Crippen LogP contribution in [0, 0.1) is 0 Å². The molecule has 0 aliphatic heterocycles. The molecule has 2 aromatic heterocycles. The minimum Gasteiger partial charge on any atom is -0.360 e. The molecule has 0 aliphatic rings. The number of hydrogen-bond acceptors (Lipinski definition) is 3. The van der Waals surface area contributed by atoms with Crippen molar-refractivity contribution in [1.82, 2.24) is 9.97 Å². The lowest BCUT2D eigenvalue weighted by molar-refractivity contribution is 0.104. The Labute approximate surface area is 143 Å². The fraction of sp³-hybridized carbons (Fsp3) is 0.200. The number of fused-ring (bicyclic) bond motifs is 1. The number of carbonyl (C=O) groups excluding carboxylic acids is 1. The monoisotopic (exact) mass is 426 g/mol. The van der Waals surface area contributed by atoms with Crippen LogP contribution < -0.4 is 0 Å². The highest BCUT2D eigenvalue weighted by Crippen LogP contribution is 2.31. The second-order valence-electron chi connectivity index (χ2n) is 4.74. The second-order valence-corrected chi connectivity index (χ2v) is 7.30. The molecule has 0 atom stereocenters. The summed E-state index contributed by atoms with van der Waals surface area (Å²) in [4.78, 5) is 20.2. The van der Waals surface area contributed by atoms with E-state index in [4.69, 9.17) is 0 Å². The Morgan fingerprint density at radius 2 is 2.10 bits per heavy atom. The molecule has 0 fully saturated rings. The Hall–Kier alpha value is -0.980. The summed E-state index contributed by atoms with van der Waals surface area (Å²) < 4.78 is 1.88. The number of aromatic nitrogens is 2. The average Bonchev–Trinajstić information content (AvgIpc) is 3.06. The summed E-state index contributed by atoms with van der Waals surface area (Å²) in [6.07, 6.45) is 3.70. The second kappa shape index (κ2) is 6.02. The zero-order valence-electron chi connectivity index (χ0n) is 11.2. The smallest absolute Gasteiger partial charge is 0.223 e. The van der Waals surface area contributed by atoms with Crippen molar-refractivity contribution in [3.63, 3.8) is 0 Å². The van der Waals surface area contributed by atoms with Gasteiger partial charge in [0.2, 0.25) is 5.78 Å². The summed E-state index contributed by atoms with van der Waals surface area (Å²) in [7, 11) is 0. The number of rotatable bonds is 4. The van der Waals surface area contributed by atoms with Gasteiger partial charge >= 0.3 is 0 Å². The first-order valence-corrected chi connectivity index (χ1v) is 9.02. The highest BCUT2D eigenvalue weighted by Gasteiger charge is 2.18. The first-order valence-electron chi connectivity index (χ1n) is 6.55. The van der Waals surface area contributed by atoms with Gasteiger partial charge in [0.1, 0.15) is 0 Å². The summed E-state index contributed by atoms with van der Waals surface area (Å²) in [5.41, 5.74) is 2.59. The van der Waals surface area contributed by atoms with Crippen LogP contribution >= 0.6 is 43.2 Å². The van der Waals surface area contributed by atoms with E-state index >= 15 is 0 Å². The summed E-state index contributed by atoms with van der Waals surface area (Å²) in [6.45, 7) is 2.11.